The van der Waals surface area contributed by atoms with E-state index in [9.17, 15) is 4.79 Å². The molecule has 1 N–H and O–H groups in total. The van der Waals surface area contributed by atoms with Crippen molar-refractivity contribution in [2.24, 2.45) is 0 Å². The number of likely N-dealkylation sites (N-methyl/N-ethyl adjacent to an activating group) is 1. The maximum atomic E-state index is 12.5. The molecule has 0 unspecified atom stereocenters. The summed E-state index contributed by atoms with van der Waals surface area (Å²) in [6.45, 7) is 6.28. The molecule has 1 atom stereocenters. The highest BCUT2D eigenvalue weighted by Gasteiger charge is 2.22. The molecule has 0 spiro atoms. The van der Waals surface area contributed by atoms with Crippen LogP contribution in [0.5, 0.6) is 0 Å². The van der Waals surface area contributed by atoms with Crippen molar-refractivity contribution in [3.8, 4) is 0 Å². The minimum atomic E-state index is 0.135. The predicted molar refractivity (Wildman–Crippen MR) is 78.5 cm³/mol. The van der Waals surface area contributed by atoms with Gasteiger partial charge in [0.1, 0.15) is 0 Å². The van der Waals surface area contributed by atoms with Crippen molar-refractivity contribution in [1.29, 1.82) is 0 Å². The Kier molecular flexibility index (Phi) is 4.59. The van der Waals surface area contributed by atoms with Gasteiger partial charge in [0.25, 0.3) is 5.91 Å². The molecule has 0 aromatic heterocycles. The molecule has 2 rings (SSSR count). The van der Waals surface area contributed by atoms with Crippen LogP contribution < -0.4 is 5.32 Å². The van der Waals surface area contributed by atoms with Gasteiger partial charge in [0.15, 0.2) is 0 Å². The molecule has 1 aliphatic heterocycles. The van der Waals surface area contributed by atoms with E-state index in [1.54, 1.807) is 0 Å². The number of carbonyl (C=O) groups excluding carboxylic acids is 1. The number of piperidine rings is 1. The van der Waals surface area contributed by atoms with Crippen LogP contribution >= 0.6 is 0 Å². The zero-order valence-corrected chi connectivity index (χ0v) is 12.1. The van der Waals surface area contributed by atoms with Gasteiger partial charge in [0.05, 0.1) is 0 Å². The maximum Gasteiger partial charge on any atom is 0.253 e. The van der Waals surface area contributed by atoms with Crippen LogP contribution in [0.4, 0.5) is 0 Å². The lowest BCUT2D eigenvalue weighted by Gasteiger charge is -2.31. The van der Waals surface area contributed by atoms with Gasteiger partial charge in [-0.15, -0.1) is 0 Å². The molecule has 1 fully saturated rings. The van der Waals surface area contributed by atoms with E-state index in [4.69, 9.17) is 0 Å². The number of amides is 1. The second-order valence-electron chi connectivity index (χ2n) is 5.70. The van der Waals surface area contributed by atoms with Crippen LogP contribution in [0.15, 0.2) is 24.3 Å². The molecule has 0 radical (unpaired) electrons. The second kappa shape index (κ2) is 6.20. The summed E-state index contributed by atoms with van der Waals surface area (Å²) >= 11 is 0. The lowest BCUT2D eigenvalue weighted by atomic mass is 9.99. The molecule has 1 saturated heterocycles. The first kappa shape index (κ1) is 14.1. The van der Waals surface area contributed by atoms with E-state index in [1.807, 2.05) is 30.1 Å². The van der Waals surface area contributed by atoms with Crippen molar-refractivity contribution in [2.75, 3.05) is 20.1 Å². The SMILES string of the molecule is CC(C)c1cccc(C(=O)N(C)[C@H]2CCCNC2)c1. The Hall–Kier alpha value is -1.35. The fourth-order valence-corrected chi connectivity index (χ4v) is 2.56. The summed E-state index contributed by atoms with van der Waals surface area (Å²) in [4.78, 5) is 14.4. The summed E-state index contributed by atoms with van der Waals surface area (Å²) in [6, 6.07) is 8.34. The third-order valence-corrected chi connectivity index (χ3v) is 3.94. The number of hydrogen-bond donors (Lipinski definition) is 1. The van der Waals surface area contributed by atoms with Crippen LogP contribution in [0.2, 0.25) is 0 Å². The second-order valence-corrected chi connectivity index (χ2v) is 5.70. The molecule has 1 aromatic carbocycles. The normalized spacial score (nSPS) is 19.5. The molecule has 1 heterocycles. The minimum absolute atomic E-state index is 0.135. The lowest BCUT2D eigenvalue weighted by Crippen LogP contribution is -2.46. The van der Waals surface area contributed by atoms with Crippen LogP contribution in [0.1, 0.15) is 48.5 Å². The van der Waals surface area contributed by atoms with E-state index in [0.717, 1.165) is 31.5 Å². The Morgan fingerprint density at radius 1 is 1.42 bits per heavy atom. The van der Waals surface area contributed by atoms with E-state index >= 15 is 0 Å². The summed E-state index contributed by atoms with van der Waals surface area (Å²) < 4.78 is 0. The van der Waals surface area contributed by atoms with Crippen molar-refractivity contribution in [1.82, 2.24) is 10.2 Å². The highest BCUT2D eigenvalue weighted by atomic mass is 16.2. The van der Waals surface area contributed by atoms with Crippen LogP contribution in [0, 0.1) is 0 Å². The Bertz CT molecular complexity index is 436. The maximum absolute atomic E-state index is 12.5. The average molecular weight is 260 g/mol. The van der Waals surface area contributed by atoms with Gasteiger partial charge in [-0.3, -0.25) is 4.79 Å². The molecule has 19 heavy (non-hydrogen) atoms. The predicted octanol–water partition coefficient (Wildman–Crippen LogP) is 2.63. The monoisotopic (exact) mass is 260 g/mol. The number of benzene rings is 1. The molecule has 0 bridgehead atoms. The lowest BCUT2D eigenvalue weighted by molar-refractivity contribution is 0.0708. The molecule has 104 valence electrons. The Morgan fingerprint density at radius 3 is 2.84 bits per heavy atom. The standard InChI is InChI=1S/C16H24N2O/c1-12(2)13-6-4-7-14(10-13)16(19)18(3)15-8-5-9-17-11-15/h4,6-7,10,12,15,17H,5,8-9,11H2,1-3H3/t15-/m0/s1. The van der Waals surface area contributed by atoms with Crippen molar-refractivity contribution >= 4 is 5.91 Å². The van der Waals surface area contributed by atoms with Crippen LogP contribution in [-0.2, 0) is 0 Å². The summed E-state index contributed by atoms with van der Waals surface area (Å²) in [7, 11) is 1.92. The number of nitrogens with one attached hydrogen (secondary N) is 1. The quantitative estimate of drug-likeness (QED) is 0.906. The fourth-order valence-electron chi connectivity index (χ4n) is 2.56. The highest BCUT2D eigenvalue weighted by Crippen LogP contribution is 2.18. The smallest absolute Gasteiger partial charge is 0.253 e. The molecule has 1 aliphatic rings. The van der Waals surface area contributed by atoms with Gasteiger partial charge in [0, 0.05) is 25.2 Å². The molecule has 1 aromatic rings. The van der Waals surface area contributed by atoms with Crippen molar-refractivity contribution in [3.05, 3.63) is 35.4 Å². The van der Waals surface area contributed by atoms with Gasteiger partial charge < -0.3 is 10.2 Å². The highest BCUT2D eigenvalue weighted by molar-refractivity contribution is 5.94. The molecular weight excluding hydrogens is 236 g/mol. The number of hydrogen-bond acceptors (Lipinski definition) is 2. The number of rotatable bonds is 3. The van der Waals surface area contributed by atoms with E-state index < -0.39 is 0 Å². The first-order valence-corrected chi connectivity index (χ1v) is 7.17. The van der Waals surface area contributed by atoms with Crippen LogP contribution in [0.3, 0.4) is 0 Å². The van der Waals surface area contributed by atoms with Gasteiger partial charge in [-0.25, -0.2) is 0 Å². The van der Waals surface area contributed by atoms with Crippen LogP contribution in [0.25, 0.3) is 0 Å². The van der Waals surface area contributed by atoms with Gasteiger partial charge in [0.2, 0.25) is 0 Å². The van der Waals surface area contributed by atoms with E-state index in [-0.39, 0.29) is 5.91 Å². The minimum Gasteiger partial charge on any atom is -0.337 e. The number of nitrogens with zero attached hydrogens (tertiary/aromatic N) is 1. The van der Waals surface area contributed by atoms with Crippen molar-refractivity contribution in [2.45, 2.75) is 38.6 Å². The van der Waals surface area contributed by atoms with Gasteiger partial charge in [-0.05, 0) is 43.0 Å². The fraction of sp³-hybridized carbons (Fsp3) is 0.562. The largest absolute Gasteiger partial charge is 0.337 e. The topological polar surface area (TPSA) is 32.3 Å². The first-order valence-electron chi connectivity index (χ1n) is 7.17. The summed E-state index contributed by atoms with van der Waals surface area (Å²) in [5.74, 6) is 0.589. The van der Waals surface area contributed by atoms with Crippen molar-refractivity contribution in [3.63, 3.8) is 0 Å². The van der Waals surface area contributed by atoms with Gasteiger partial charge >= 0.3 is 0 Å². The van der Waals surface area contributed by atoms with E-state index in [0.29, 0.717) is 12.0 Å². The molecule has 1 amide bonds. The molecule has 3 heteroatoms. The zero-order chi connectivity index (χ0) is 13.8. The van der Waals surface area contributed by atoms with Crippen LogP contribution in [-0.4, -0.2) is 37.0 Å². The molecule has 3 nitrogen and oxygen atoms in total. The molecule has 0 aliphatic carbocycles. The molecular formula is C16H24N2O. The average Bonchev–Trinajstić information content (AvgIpc) is 2.46. The zero-order valence-electron chi connectivity index (χ0n) is 12.1. The summed E-state index contributed by atoms with van der Waals surface area (Å²) in [5, 5.41) is 3.36. The van der Waals surface area contributed by atoms with Gasteiger partial charge in [-0.2, -0.15) is 0 Å². The number of carbonyl (C=O) groups is 1. The van der Waals surface area contributed by atoms with Gasteiger partial charge in [-0.1, -0.05) is 26.0 Å². The Labute approximate surface area is 116 Å². The third-order valence-electron chi connectivity index (χ3n) is 3.94. The summed E-state index contributed by atoms with van der Waals surface area (Å²) in [6.07, 6.45) is 2.24. The summed E-state index contributed by atoms with van der Waals surface area (Å²) in [5.41, 5.74) is 2.03. The van der Waals surface area contributed by atoms with E-state index in [1.165, 1.54) is 5.56 Å². The van der Waals surface area contributed by atoms with E-state index in [2.05, 4.69) is 25.2 Å². The molecule has 0 saturated carbocycles. The Morgan fingerprint density at radius 2 is 2.21 bits per heavy atom. The van der Waals surface area contributed by atoms with Crippen molar-refractivity contribution < 1.29 is 4.79 Å². The Balaban J connectivity index is 2.11. The first-order chi connectivity index (χ1) is 9.09. The third kappa shape index (κ3) is 3.35.